The van der Waals surface area contributed by atoms with E-state index in [9.17, 15) is 0 Å². The Bertz CT molecular complexity index is 175. The molecule has 0 aromatic heterocycles. The van der Waals surface area contributed by atoms with Crippen molar-refractivity contribution >= 4 is 5.69 Å². The molecule has 4 N–H and O–H groups in total. The Morgan fingerprint density at radius 1 is 1.33 bits per heavy atom. The van der Waals surface area contributed by atoms with Crippen LogP contribution in [-0.4, -0.2) is 25.3 Å². The Morgan fingerprint density at radius 3 is 2.08 bits per heavy atom. The van der Waals surface area contributed by atoms with Gasteiger partial charge in [-0.1, -0.05) is 18.2 Å². The zero-order valence-corrected chi connectivity index (χ0v) is 7.33. The summed E-state index contributed by atoms with van der Waals surface area (Å²) in [5.41, 5.74) is 5.94. The number of para-hydroxylation sites is 1. The summed E-state index contributed by atoms with van der Waals surface area (Å²) in [7, 11) is 1.91. The summed E-state index contributed by atoms with van der Waals surface area (Å²) >= 11 is 0. The second-order valence-corrected chi connectivity index (χ2v) is 2.13. The Kier molecular flexibility index (Phi) is 7.33. The number of nitrogens with one attached hydrogen (secondary N) is 1. The molecule has 0 saturated carbocycles. The van der Waals surface area contributed by atoms with Crippen LogP contribution in [0.25, 0.3) is 0 Å². The average Bonchev–Trinajstić information content (AvgIpc) is 2.19. The highest BCUT2D eigenvalue weighted by atomic mass is 16.3. The van der Waals surface area contributed by atoms with E-state index in [0.717, 1.165) is 5.69 Å². The van der Waals surface area contributed by atoms with Gasteiger partial charge in [0.1, 0.15) is 0 Å². The van der Waals surface area contributed by atoms with Gasteiger partial charge in [-0.2, -0.15) is 0 Å². The van der Waals surface area contributed by atoms with Crippen LogP contribution in [0.4, 0.5) is 5.69 Å². The van der Waals surface area contributed by atoms with Crippen molar-refractivity contribution < 1.29 is 5.11 Å². The number of anilines is 1. The third kappa shape index (κ3) is 5.70. The van der Waals surface area contributed by atoms with Gasteiger partial charge in [0.2, 0.25) is 0 Å². The highest BCUT2D eigenvalue weighted by Gasteiger charge is 1.77. The minimum Gasteiger partial charge on any atom is -0.395 e. The molecule has 0 atom stereocenters. The summed E-state index contributed by atoms with van der Waals surface area (Å²) in [6.07, 6.45) is 0. The van der Waals surface area contributed by atoms with E-state index in [1.807, 2.05) is 37.4 Å². The molecule has 0 aliphatic rings. The highest BCUT2D eigenvalue weighted by molar-refractivity contribution is 5.41. The molecular weight excluding hydrogens is 152 g/mol. The van der Waals surface area contributed by atoms with Gasteiger partial charge in [0, 0.05) is 19.3 Å². The quantitative estimate of drug-likeness (QED) is 0.608. The van der Waals surface area contributed by atoms with Gasteiger partial charge in [0.25, 0.3) is 0 Å². The van der Waals surface area contributed by atoms with Crippen LogP contribution in [0.15, 0.2) is 30.3 Å². The lowest BCUT2D eigenvalue weighted by atomic mass is 10.3. The fraction of sp³-hybridized carbons (Fsp3) is 0.333. The molecule has 0 saturated heterocycles. The number of benzene rings is 1. The van der Waals surface area contributed by atoms with E-state index >= 15 is 0 Å². The third-order valence-electron chi connectivity index (χ3n) is 1.19. The van der Waals surface area contributed by atoms with Crippen LogP contribution in [0.1, 0.15) is 0 Å². The number of hydrogen-bond donors (Lipinski definition) is 3. The molecule has 0 spiro atoms. The lowest BCUT2D eigenvalue weighted by Gasteiger charge is -1.94. The maximum absolute atomic E-state index is 7.75. The van der Waals surface area contributed by atoms with Crippen molar-refractivity contribution in [2.45, 2.75) is 0 Å². The molecule has 68 valence electrons. The summed E-state index contributed by atoms with van der Waals surface area (Å²) in [6, 6.07) is 10.1. The van der Waals surface area contributed by atoms with Gasteiger partial charge in [-0.15, -0.1) is 0 Å². The summed E-state index contributed by atoms with van der Waals surface area (Å²) in [5.74, 6) is 0. The van der Waals surface area contributed by atoms with Crippen LogP contribution < -0.4 is 11.1 Å². The average molecular weight is 168 g/mol. The van der Waals surface area contributed by atoms with Crippen molar-refractivity contribution in [1.29, 1.82) is 0 Å². The van der Waals surface area contributed by atoms with Gasteiger partial charge in [-0.3, -0.25) is 0 Å². The Labute approximate surface area is 73.2 Å². The minimum atomic E-state index is 0.0972. The normalized spacial score (nSPS) is 8.25. The first-order valence-electron chi connectivity index (χ1n) is 3.89. The summed E-state index contributed by atoms with van der Waals surface area (Å²) in [5, 5.41) is 10.8. The van der Waals surface area contributed by atoms with Crippen molar-refractivity contribution in [1.82, 2.24) is 0 Å². The monoisotopic (exact) mass is 168 g/mol. The molecule has 0 aliphatic carbocycles. The Balaban J connectivity index is 0.000000261. The largest absolute Gasteiger partial charge is 0.395 e. The summed E-state index contributed by atoms with van der Waals surface area (Å²) in [6.45, 7) is 0.472. The third-order valence-corrected chi connectivity index (χ3v) is 1.19. The van der Waals surface area contributed by atoms with E-state index in [0.29, 0.717) is 6.54 Å². The van der Waals surface area contributed by atoms with Crippen molar-refractivity contribution in [3.05, 3.63) is 30.3 Å². The van der Waals surface area contributed by atoms with E-state index in [-0.39, 0.29) is 6.61 Å². The van der Waals surface area contributed by atoms with Crippen LogP contribution in [0.2, 0.25) is 0 Å². The summed E-state index contributed by atoms with van der Waals surface area (Å²) < 4.78 is 0. The first-order valence-corrected chi connectivity index (χ1v) is 3.89. The van der Waals surface area contributed by atoms with Gasteiger partial charge < -0.3 is 16.2 Å². The summed E-state index contributed by atoms with van der Waals surface area (Å²) in [4.78, 5) is 0. The van der Waals surface area contributed by atoms with Crippen molar-refractivity contribution in [3.8, 4) is 0 Å². The lowest BCUT2D eigenvalue weighted by molar-refractivity contribution is 0.306. The molecule has 12 heavy (non-hydrogen) atoms. The first-order chi connectivity index (χ1) is 5.85. The van der Waals surface area contributed by atoms with Crippen molar-refractivity contribution in [2.24, 2.45) is 5.73 Å². The lowest BCUT2D eigenvalue weighted by Crippen LogP contribution is -2.02. The SMILES string of the molecule is CNc1ccccc1.NCCO. The van der Waals surface area contributed by atoms with E-state index in [2.05, 4.69) is 5.32 Å². The van der Waals surface area contributed by atoms with E-state index in [4.69, 9.17) is 10.8 Å². The molecule has 1 aromatic carbocycles. The van der Waals surface area contributed by atoms with Gasteiger partial charge in [-0.25, -0.2) is 0 Å². The Morgan fingerprint density at radius 2 is 1.83 bits per heavy atom. The minimum absolute atomic E-state index is 0.0972. The number of nitrogens with two attached hydrogens (primary N) is 1. The van der Waals surface area contributed by atoms with Gasteiger partial charge in [-0.05, 0) is 12.1 Å². The number of hydrogen-bond acceptors (Lipinski definition) is 3. The van der Waals surface area contributed by atoms with E-state index in [1.54, 1.807) is 0 Å². The highest BCUT2D eigenvalue weighted by Crippen LogP contribution is 2.01. The number of aliphatic hydroxyl groups is 1. The fourth-order valence-corrected chi connectivity index (χ4v) is 0.605. The van der Waals surface area contributed by atoms with Crippen LogP contribution in [0, 0.1) is 0 Å². The predicted molar refractivity (Wildman–Crippen MR) is 52.1 cm³/mol. The van der Waals surface area contributed by atoms with E-state index in [1.165, 1.54) is 0 Å². The molecule has 0 fully saturated rings. The van der Waals surface area contributed by atoms with Crippen molar-refractivity contribution in [3.63, 3.8) is 0 Å². The molecular formula is C9H16N2O. The van der Waals surface area contributed by atoms with E-state index < -0.39 is 0 Å². The molecule has 0 amide bonds. The molecule has 1 rings (SSSR count). The van der Waals surface area contributed by atoms with Gasteiger partial charge in [0.05, 0.1) is 6.61 Å². The number of aliphatic hydroxyl groups excluding tert-OH is 1. The van der Waals surface area contributed by atoms with Crippen LogP contribution >= 0.6 is 0 Å². The van der Waals surface area contributed by atoms with Crippen LogP contribution in [0.5, 0.6) is 0 Å². The molecule has 3 heteroatoms. The van der Waals surface area contributed by atoms with Crippen molar-refractivity contribution in [2.75, 3.05) is 25.5 Å². The maximum atomic E-state index is 7.75. The fourth-order valence-electron chi connectivity index (χ4n) is 0.605. The number of rotatable bonds is 2. The molecule has 0 unspecified atom stereocenters. The zero-order chi connectivity index (χ0) is 9.23. The smallest absolute Gasteiger partial charge is 0.0553 e. The standard InChI is InChI=1S/C7H9N.C2H7NO/c1-8-7-5-3-2-4-6-7;3-1-2-4/h2-6,8H,1H3;4H,1-3H2. The zero-order valence-electron chi connectivity index (χ0n) is 7.33. The molecule has 1 aromatic rings. The maximum Gasteiger partial charge on any atom is 0.0553 e. The van der Waals surface area contributed by atoms with Gasteiger partial charge >= 0.3 is 0 Å². The van der Waals surface area contributed by atoms with Crippen LogP contribution in [-0.2, 0) is 0 Å². The topological polar surface area (TPSA) is 58.3 Å². The second kappa shape index (κ2) is 8.04. The molecule has 0 heterocycles. The van der Waals surface area contributed by atoms with Crippen LogP contribution in [0.3, 0.4) is 0 Å². The molecule has 0 radical (unpaired) electrons. The molecule has 0 bridgehead atoms. The molecule has 3 nitrogen and oxygen atoms in total. The predicted octanol–water partition coefficient (Wildman–Crippen LogP) is 0.666. The molecule has 0 aliphatic heterocycles. The Hall–Kier alpha value is -1.06. The van der Waals surface area contributed by atoms with Gasteiger partial charge in [0.15, 0.2) is 0 Å². The first kappa shape index (κ1) is 10.9. The second-order valence-electron chi connectivity index (χ2n) is 2.13.